The maximum Gasteiger partial charge on any atom is 0.408 e. The van der Waals surface area contributed by atoms with E-state index in [1.54, 1.807) is 12.1 Å². The van der Waals surface area contributed by atoms with Crippen LogP contribution in [0.2, 0.25) is 0 Å². The Morgan fingerprint density at radius 1 is 0.971 bits per heavy atom. The van der Waals surface area contributed by atoms with E-state index in [2.05, 4.69) is 10.6 Å². The molecule has 5 rings (SSSR count). The first kappa shape index (κ1) is 22.4. The molecule has 0 bridgehead atoms. The lowest BCUT2D eigenvalue weighted by Gasteiger charge is -2.27. The quantitative estimate of drug-likeness (QED) is 0.510. The summed E-state index contributed by atoms with van der Waals surface area (Å²) in [4.78, 5) is 37.5. The minimum absolute atomic E-state index is 0.107. The number of nitrogens with one attached hydrogen (secondary N) is 2. The minimum atomic E-state index is -0.814. The zero-order chi connectivity index (χ0) is 23.7. The minimum Gasteiger partial charge on any atom is -0.481 e. The first-order chi connectivity index (χ1) is 16.5. The molecule has 2 aromatic carbocycles. The molecular formula is C27H30N2O5. The standard InChI is InChI=1S/C27H30N2O5/c30-25(28-20-11-13-21-19(14-20)10-12-22(21)26(31)32)24(23(17-6-7-17)18-8-9-18)29-27(33)34-15-16-4-2-1-3-5-16/h1-5,11,13-14,17-18,22-24H,6-10,12,15H2,(H,28,30)(H,29,33)(H,31,32)/t22?,24-/m0/s1. The summed E-state index contributed by atoms with van der Waals surface area (Å²) in [5.41, 5.74) is 3.29. The monoisotopic (exact) mass is 462 g/mol. The van der Waals surface area contributed by atoms with Gasteiger partial charge in [-0.2, -0.15) is 0 Å². The average Bonchev–Trinajstić information content (AvgIpc) is 3.77. The van der Waals surface area contributed by atoms with E-state index in [0.717, 1.165) is 42.4 Å². The molecule has 0 saturated heterocycles. The molecule has 0 spiro atoms. The van der Waals surface area contributed by atoms with Gasteiger partial charge in [0, 0.05) is 5.69 Å². The van der Waals surface area contributed by atoms with Crippen molar-refractivity contribution in [3.63, 3.8) is 0 Å². The second-order valence-corrected chi connectivity index (χ2v) is 9.77. The third kappa shape index (κ3) is 5.08. The van der Waals surface area contributed by atoms with Crippen molar-refractivity contribution >= 4 is 23.7 Å². The topological polar surface area (TPSA) is 105 Å². The van der Waals surface area contributed by atoms with Gasteiger partial charge in [-0.15, -0.1) is 0 Å². The van der Waals surface area contributed by atoms with Gasteiger partial charge in [-0.05, 0) is 85.1 Å². The Morgan fingerprint density at radius 3 is 2.32 bits per heavy atom. The largest absolute Gasteiger partial charge is 0.481 e. The maximum absolute atomic E-state index is 13.4. The summed E-state index contributed by atoms with van der Waals surface area (Å²) < 4.78 is 5.42. The molecule has 2 atom stereocenters. The third-order valence-electron chi connectivity index (χ3n) is 7.27. The Morgan fingerprint density at radius 2 is 1.68 bits per heavy atom. The van der Waals surface area contributed by atoms with Crippen LogP contribution in [-0.2, 0) is 27.4 Å². The summed E-state index contributed by atoms with van der Waals surface area (Å²) in [7, 11) is 0. The van der Waals surface area contributed by atoms with Crippen LogP contribution in [0, 0.1) is 17.8 Å². The van der Waals surface area contributed by atoms with Crippen LogP contribution in [0.4, 0.5) is 10.5 Å². The Kier molecular flexibility index (Phi) is 6.26. The predicted molar refractivity (Wildman–Crippen MR) is 126 cm³/mol. The lowest BCUT2D eigenvalue weighted by molar-refractivity contribution is -0.138. The van der Waals surface area contributed by atoms with Gasteiger partial charge in [0.1, 0.15) is 12.6 Å². The van der Waals surface area contributed by atoms with E-state index < -0.39 is 24.0 Å². The van der Waals surface area contributed by atoms with Crippen molar-refractivity contribution in [2.24, 2.45) is 17.8 Å². The molecule has 7 nitrogen and oxygen atoms in total. The number of carbonyl (C=O) groups excluding carboxylic acids is 2. The molecule has 0 aromatic heterocycles. The molecule has 34 heavy (non-hydrogen) atoms. The van der Waals surface area contributed by atoms with E-state index in [9.17, 15) is 19.5 Å². The third-order valence-corrected chi connectivity index (χ3v) is 7.27. The molecule has 3 aliphatic rings. The maximum atomic E-state index is 13.4. The van der Waals surface area contributed by atoms with E-state index in [-0.39, 0.29) is 18.4 Å². The molecule has 1 unspecified atom stereocenters. The van der Waals surface area contributed by atoms with Crippen LogP contribution < -0.4 is 10.6 Å². The van der Waals surface area contributed by atoms with Gasteiger partial charge in [0.2, 0.25) is 5.91 Å². The zero-order valence-corrected chi connectivity index (χ0v) is 19.0. The van der Waals surface area contributed by atoms with Gasteiger partial charge in [-0.1, -0.05) is 36.4 Å². The van der Waals surface area contributed by atoms with Crippen molar-refractivity contribution in [1.82, 2.24) is 5.32 Å². The number of carboxylic acid groups (broad SMARTS) is 1. The van der Waals surface area contributed by atoms with Crippen molar-refractivity contribution < 1.29 is 24.2 Å². The van der Waals surface area contributed by atoms with Gasteiger partial charge in [-0.3, -0.25) is 9.59 Å². The number of rotatable bonds is 9. The van der Waals surface area contributed by atoms with Crippen molar-refractivity contribution in [3.05, 3.63) is 65.2 Å². The highest BCUT2D eigenvalue weighted by Crippen LogP contribution is 2.51. The number of benzene rings is 2. The normalized spacial score (nSPS) is 19.9. The highest BCUT2D eigenvalue weighted by molar-refractivity contribution is 5.97. The first-order valence-corrected chi connectivity index (χ1v) is 12.1. The number of hydrogen-bond acceptors (Lipinski definition) is 4. The summed E-state index contributed by atoms with van der Waals surface area (Å²) in [5.74, 6) is -0.528. The van der Waals surface area contributed by atoms with Crippen LogP contribution >= 0.6 is 0 Å². The molecule has 0 radical (unpaired) electrons. The fraction of sp³-hybridized carbons (Fsp3) is 0.444. The van der Waals surface area contributed by atoms with Crippen LogP contribution in [0.5, 0.6) is 0 Å². The zero-order valence-electron chi connectivity index (χ0n) is 19.0. The van der Waals surface area contributed by atoms with Crippen LogP contribution in [0.15, 0.2) is 48.5 Å². The Hall–Kier alpha value is -3.35. The number of amides is 2. The predicted octanol–water partition coefficient (Wildman–Crippen LogP) is 4.47. The van der Waals surface area contributed by atoms with E-state index in [0.29, 0.717) is 30.4 Å². The van der Waals surface area contributed by atoms with Crippen LogP contribution in [0.3, 0.4) is 0 Å². The molecule has 2 aromatic rings. The van der Waals surface area contributed by atoms with Crippen molar-refractivity contribution in [3.8, 4) is 0 Å². The Labute approximate surface area is 198 Å². The lowest BCUT2D eigenvalue weighted by atomic mass is 9.88. The number of carboxylic acids is 1. The first-order valence-electron chi connectivity index (χ1n) is 12.1. The number of carbonyl (C=O) groups is 3. The molecule has 7 heteroatoms. The molecular weight excluding hydrogens is 432 g/mol. The van der Waals surface area contributed by atoms with Crippen molar-refractivity contribution in [2.75, 3.05) is 5.32 Å². The van der Waals surface area contributed by atoms with Crippen molar-refractivity contribution in [1.29, 1.82) is 0 Å². The summed E-state index contributed by atoms with van der Waals surface area (Å²) in [5, 5.41) is 15.3. The van der Waals surface area contributed by atoms with Gasteiger partial charge in [0.15, 0.2) is 0 Å². The van der Waals surface area contributed by atoms with Gasteiger partial charge in [0.05, 0.1) is 5.92 Å². The molecule has 2 fully saturated rings. The molecule has 0 heterocycles. The summed E-state index contributed by atoms with van der Waals surface area (Å²) in [6, 6.07) is 14.2. The number of anilines is 1. The van der Waals surface area contributed by atoms with E-state index in [1.165, 1.54) is 0 Å². The van der Waals surface area contributed by atoms with Crippen molar-refractivity contribution in [2.45, 2.75) is 57.1 Å². The molecule has 2 amide bonds. The highest BCUT2D eigenvalue weighted by atomic mass is 16.5. The van der Waals surface area contributed by atoms with E-state index in [1.807, 2.05) is 36.4 Å². The molecule has 3 N–H and O–H groups in total. The smallest absolute Gasteiger partial charge is 0.408 e. The van der Waals surface area contributed by atoms with Crippen LogP contribution in [-0.4, -0.2) is 29.1 Å². The second-order valence-electron chi connectivity index (χ2n) is 9.77. The molecule has 3 aliphatic carbocycles. The van der Waals surface area contributed by atoms with E-state index in [4.69, 9.17) is 4.74 Å². The van der Waals surface area contributed by atoms with Gasteiger partial charge in [0.25, 0.3) is 0 Å². The molecule has 0 aliphatic heterocycles. The summed E-state index contributed by atoms with van der Waals surface area (Å²) in [6.45, 7) is 0.147. The van der Waals surface area contributed by atoms with E-state index >= 15 is 0 Å². The highest BCUT2D eigenvalue weighted by Gasteiger charge is 2.48. The Balaban J connectivity index is 1.28. The van der Waals surface area contributed by atoms with Crippen LogP contribution in [0.1, 0.15) is 54.7 Å². The average molecular weight is 463 g/mol. The fourth-order valence-electron chi connectivity index (χ4n) is 5.29. The van der Waals surface area contributed by atoms with Gasteiger partial charge < -0.3 is 20.5 Å². The lowest BCUT2D eigenvalue weighted by Crippen LogP contribution is -2.50. The number of aliphatic carboxylic acids is 1. The summed E-state index contributed by atoms with van der Waals surface area (Å²) >= 11 is 0. The Bertz CT molecular complexity index is 1070. The molecule has 2 saturated carbocycles. The SMILES string of the molecule is O=C(N[C@H](C(=O)Nc1ccc2c(c1)CCC2C(=O)O)C(C1CC1)C1CC1)OCc1ccccc1. The number of hydrogen-bond donors (Lipinski definition) is 3. The van der Waals surface area contributed by atoms with Crippen LogP contribution in [0.25, 0.3) is 0 Å². The van der Waals surface area contributed by atoms with Gasteiger partial charge >= 0.3 is 12.1 Å². The number of alkyl carbamates (subject to hydrolysis) is 1. The van der Waals surface area contributed by atoms with Gasteiger partial charge in [-0.25, -0.2) is 4.79 Å². The molecule has 178 valence electrons. The second kappa shape index (κ2) is 9.49. The number of fused-ring (bicyclic) bond motifs is 1. The number of aryl methyl sites for hydroxylation is 1. The fourth-order valence-corrected chi connectivity index (χ4v) is 5.29. The summed E-state index contributed by atoms with van der Waals surface area (Å²) in [6.07, 6.45) is 5.00. The number of ether oxygens (including phenoxy) is 1.